The molecule has 1 aliphatic rings. The molecule has 16 heavy (non-hydrogen) atoms. The van der Waals surface area contributed by atoms with Gasteiger partial charge in [0.2, 0.25) is 0 Å². The van der Waals surface area contributed by atoms with Gasteiger partial charge in [0, 0.05) is 11.0 Å². The fraction of sp³-hybridized carbons (Fsp3) is 0.500. The van der Waals surface area contributed by atoms with Crippen LogP contribution in [0.5, 0.6) is 0 Å². The van der Waals surface area contributed by atoms with Gasteiger partial charge in [-0.25, -0.2) is 0 Å². The normalized spacial score (nSPS) is 24.3. The number of nitrogens with zero attached hydrogens (tertiary/aromatic N) is 1. The van der Waals surface area contributed by atoms with Crippen LogP contribution in [0.3, 0.4) is 0 Å². The second-order valence-corrected chi connectivity index (χ2v) is 5.75. The molecule has 86 valence electrons. The maximum Gasteiger partial charge on any atom is 0.166 e. The second-order valence-electron chi connectivity index (χ2n) is 5.75. The van der Waals surface area contributed by atoms with Gasteiger partial charge < -0.3 is 4.52 Å². The summed E-state index contributed by atoms with van der Waals surface area (Å²) in [6.07, 6.45) is 8.63. The number of fused-ring (bicyclic) bond motifs is 1. The Balaban J connectivity index is 2.49. The Kier molecular flexibility index (Phi) is 2.33. The van der Waals surface area contributed by atoms with E-state index in [1.54, 1.807) is 0 Å². The molecule has 0 aromatic carbocycles. The lowest BCUT2D eigenvalue weighted by molar-refractivity contribution is 0.230. The van der Waals surface area contributed by atoms with Crippen molar-refractivity contribution < 1.29 is 4.52 Å². The molecule has 0 bridgehead atoms. The number of aryl methyl sites for hydroxylation is 1. The van der Waals surface area contributed by atoms with Crippen LogP contribution in [0.2, 0.25) is 0 Å². The first-order chi connectivity index (χ1) is 7.33. The van der Waals surface area contributed by atoms with Crippen molar-refractivity contribution in [3.8, 4) is 0 Å². The van der Waals surface area contributed by atoms with E-state index >= 15 is 0 Å². The minimum absolute atomic E-state index is 0.0426. The van der Waals surface area contributed by atoms with Gasteiger partial charge in [-0.3, -0.25) is 0 Å². The van der Waals surface area contributed by atoms with Crippen LogP contribution < -0.4 is 0 Å². The highest BCUT2D eigenvalue weighted by molar-refractivity contribution is 5.66. The lowest BCUT2D eigenvalue weighted by Crippen LogP contribution is -2.28. The minimum Gasteiger partial charge on any atom is -0.356 e. The van der Waals surface area contributed by atoms with E-state index in [0.29, 0.717) is 0 Å². The van der Waals surface area contributed by atoms with E-state index in [1.807, 2.05) is 13.0 Å². The molecule has 1 aromatic rings. The van der Waals surface area contributed by atoms with E-state index in [0.717, 1.165) is 17.0 Å². The molecular weight excluding hydrogens is 198 g/mol. The summed E-state index contributed by atoms with van der Waals surface area (Å²) in [4.78, 5) is 0. The molecule has 0 radical (unpaired) electrons. The number of rotatable bonds is 0. The first kappa shape index (κ1) is 11.2. The maximum absolute atomic E-state index is 5.28. The van der Waals surface area contributed by atoms with Crippen LogP contribution in [-0.2, 0) is 0 Å². The third-order valence-corrected chi connectivity index (χ3v) is 3.73. The topological polar surface area (TPSA) is 26.0 Å². The van der Waals surface area contributed by atoms with Gasteiger partial charge in [-0.2, -0.15) is 0 Å². The van der Waals surface area contributed by atoms with Gasteiger partial charge in [-0.05, 0) is 18.4 Å². The van der Waals surface area contributed by atoms with Crippen molar-refractivity contribution in [1.82, 2.24) is 5.16 Å². The van der Waals surface area contributed by atoms with Crippen molar-refractivity contribution >= 4 is 12.2 Å². The molecule has 0 aliphatic heterocycles. The van der Waals surface area contributed by atoms with Gasteiger partial charge in [-0.15, -0.1) is 0 Å². The summed E-state index contributed by atoms with van der Waals surface area (Å²) < 4.78 is 5.28. The molecule has 1 aliphatic carbocycles. The summed E-state index contributed by atoms with van der Waals surface area (Å²) in [7, 11) is 0. The van der Waals surface area contributed by atoms with Crippen molar-refractivity contribution in [1.29, 1.82) is 0 Å². The van der Waals surface area contributed by atoms with E-state index in [9.17, 15) is 0 Å². The lowest BCUT2D eigenvalue weighted by Gasteiger charge is -2.36. The molecule has 0 fully saturated rings. The molecule has 1 heterocycles. The Morgan fingerprint density at radius 2 is 1.81 bits per heavy atom. The van der Waals surface area contributed by atoms with E-state index in [4.69, 9.17) is 4.52 Å². The molecule has 2 nitrogen and oxygen atoms in total. The van der Waals surface area contributed by atoms with Crippen molar-refractivity contribution in [2.75, 3.05) is 0 Å². The largest absolute Gasteiger partial charge is 0.356 e. The number of aromatic nitrogens is 1. The number of allylic oxidation sites excluding steroid dienone is 2. The summed E-state index contributed by atoms with van der Waals surface area (Å²) in [6, 6.07) is 0. The van der Waals surface area contributed by atoms with E-state index in [2.05, 4.69) is 51.1 Å². The van der Waals surface area contributed by atoms with Crippen LogP contribution in [0.4, 0.5) is 0 Å². The molecule has 1 unspecified atom stereocenters. The quantitative estimate of drug-likeness (QED) is 0.654. The average Bonchev–Trinajstić information content (AvgIpc) is 2.41. The molecule has 0 spiro atoms. The Morgan fingerprint density at radius 3 is 2.44 bits per heavy atom. The van der Waals surface area contributed by atoms with Gasteiger partial charge in [0.1, 0.15) is 0 Å². The molecule has 0 saturated carbocycles. The van der Waals surface area contributed by atoms with Gasteiger partial charge in [0.15, 0.2) is 5.76 Å². The summed E-state index contributed by atoms with van der Waals surface area (Å²) in [5.41, 5.74) is 2.28. The standard InChI is InChI=1S/C14H19NO/c1-10-11-6-8-14(5,13(2,3)4)9-7-12(11)16-15-10/h6-9H,1-5H3. The summed E-state index contributed by atoms with van der Waals surface area (Å²) in [6.45, 7) is 11.0. The first-order valence-electron chi connectivity index (χ1n) is 5.68. The van der Waals surface area contributed by atoms with Crippen LogP contribution >= 0.6 is 0 Å². The minimum atomic E-state index is 0.0426. The van der Waals surface area contributed by atoms with Crippen LogP contribution in [-0.4, -0.2) is 5.16 Å². The van der Waals surface area contributed by atoms with Gasteiger partial charge >= 0.3 is 0 Å². The SMILES string of the molecule is Cc1noc2c1C=CC(C)(C(C)(C)C)C=C2. The fourth-order valence-corrected chi connectivity index (χ4v) is 1.78. The molecule has 0 N–H and O–H groups in total. The van der Waals surface area contributed by atoms with Crippen LogP contribution in [0, 0.1) is 17.8 Å². The Bertz CT molecular complexity index is 460. The summed E-state index contributed by atoms with van der Waals surface area (Å²) >= 11 is 0. The van der Waals surface area contributed by atoms with E-state index < -0.39 is 0 Å². The van der Waals surface area contributed by atoms with E-state index in [1.165, 1.54) is 0 Å². The smallest absolute Gasteiger partial charge is 0.166 e. The van der Waals surface area contributed by atoms with Crippen LogP contribution in [0.1, 0.15) is 44.7 Å². The molecule has 1 atom stereocenters. The molecule has 1 aromatic heterocycles. The van der Waals surface area contributed by atoms with Crippen molar-refractivity contribution in [3.05, 3.63) is 29.2 Å². The Labute approximate surface area is 97.0 Å². The predicted octanol–water partition coefficient (Wildman–Crippen LogP) is 4.08. The Hall–Kier alpha value is -1.31. The zero-order valence-electron chi connectivity index (χ0n) is 10.7. The fourth-order valence-electron chi connectivity index (χ4n) is 1.78. The Morgan fingerprint density at radius 1 is 1.19 bits per heavy atom. The molecule has 0 saturated heterocycles. The lowest BCUT2D eigenvalue weighted by atomic mass is 9.68. The summed E-state index contributed by atoms with van der Waals surface area (Å²) in [5, 5.41) is 3.97. The second kappa shape index (κ2) is 3.34. The monoisotopic (exact) mass is 217 g/mol. The highest BCUT2D eigenvalue weighted by atomic mass is 16.5. The van der Waals surface area contributed by atoms with Crippen molar-refractivity contribution in [3.63, 3.8) is 0 Å². The van der Waals surface area contributed by atoms with Crippen LogP contribution in [0.15, 0.2) is 16.7 Å². The summed E-state index contributed by atoms with van der Waals surface area (Å²) in [5.74, 6) is 0.863. The zero-order valence-corrected chi connectivity index (χ0v) is 10.7. The third-order valence-electron chi connectivity index (χ3n) is 3.73. The van der Waals surface area contributed by atoms with Gasteiger partial charge in [0.25, 0.3) is 0 Å². The highest BCUT2D eigenvalue weighted by Crippen LogP contribution is 2.43. The third kappa shape index (κ3) is 1.62. The first-order valence-corrected chi connectivity index (χ1v) is 5.68. The van der Waals surface area contributed by atoms with Crippen molar-refractivity contribution in [2.45, 2.75) is 34.6 Å². The van der Waals surface area contributed by atoms with Gasteiger partial charge in [0.05, 0.1) is 5.69 Å². The highest BCUT2D eigenvalue weighted by Gasteiger charge is 2.33. The predicted molar refractivity (Wildman–Crippen MR) is 66.9 cm³/mol. The maximum atomic E-state index is 5.28. The van der Waals surface area contributed by atoms with Crippen molar-refractivity contribution in [2.24, 2.45) is 10.8 Å². The molecule has 2 heteroatoms. The number of hydrogen-bond donors (Lipinski definition) is 0. The van der Waals surface area contributed by atoms with Gasteiger partial charge in [-0.1, -0.05) is 51.1 Å². The average molecular weight is 217 g/mol. The molecule has 0 amide bonds. The number of hydrogen-bond acceptors (Lipinski definition) is 2. The van der Waals surface area contributed by atoms with E-state index in [-0.39, 0.29) is 10.8 Å². The zero-order chi connectivity index (χ0) is 12.0. The molecule has 2 rings (SSSR count). The van der Waals surface area contributed by atoms with Crippen LogP contribution in [0.25, 0.3) is 12.2 Å². The molecular formula is C14H19NO.